The Morgan fingerprint density at radius 3 is 2.86 bits per heavy atom. The van der Waals surface area contributed by atoms with E-state index in [9.17, 15) is 4.79 Å². The van der Waals surface area contributed by atoms with Gasteiger partial charge in [0.2, 0.25) is 5.91 Å². The molecule has 2 rings (SSSR count). The van der Waals surface area contributed by atoms with Crippen LogP contribution in [-0.2, 0) is 11.3 Å². The van der Waals surface area contributed by atoms with Crippen LogP contribution >= 0.6 is 0 Å². The van der Waals surface area contributed by atoms with Crippen LogP contribution < -0.4 is 5.32 Å². The minimum absolute atomic E-state index is 0.275. The zero-order chi connectivity index (χ0) is 15.8. The Balaban J connectivity index is 1.70. The van der Waals surface area contributed by atoms with Crippen molar-refractivity contribution >= 4 is 5.91 Å². The number of benzene rings is 1. The van der Waals surface area contributed by atoms with Crippen LogP contribution in [0.2, 0.25) is 0 Å². The number of likely N-dealkylation sites (tertiary alicyclic amines) is 1. The lowest BCUT2D eigenvalue weighted by Gasteiger charge is -2.22. The van der Waals surface area contributed by atoms with Gasteiger partial charge in [-0.2, -0.15) is 0 Å². The molecule has 1 amide bonds. The summed E-state index contributed by atoms with van der Waals surface area (Å²) in [5, 5.41) is 3.09. The molecule has 0 aromatic heterocycles. The van der Waals surface area contributed by atoms with Gasteiger partial charge in [0.25, 0.3) is 0 Å². The lowest BCUT2D eigenvalue weighted by Crippen LogP contribution is -2.33. The third-order valence-electron chi connectivity index (χ3n) is 4.39. The smallest absolute Gasteiger partial charge is 0.222 e. The standard InChI is InChI=1S/C18H29N3O/c1-19-11-6-9-18(22)20(2)13-17-10-12-21(15-17)14-16-7-4-3-5-8-16/h3-5,7-8,17,19H,6,9-15H2,1-2H3. The van der Waals surface area contributed by atoms with E-state index in [1.807, 2.05) is 19.0 Å². The highest BCUT2D eigenvalue weighted by atomic mass is 16.2. The van der Waals surface area contributed by atoms with Gasteiger partial charge in [0, 0.05) is 33.1 Å². The molecule has 0 saturated carbocycles. The molecular weight excluding hydrogens is 274 g/mol. The molecule has 0 radical (unpaired) electrons. The third-order valence-corrected chi connectivity index (χ3v) is 4.39. The number of hydrogen-bond acceptors (Lipinski definition) is 3. The highest BCUT2D eigenvalue weighted by molar-refractivity contribution is 5.75. The fourth-order valence-electron chi connectivity index (χ4n) is 3.14. The number of amides is 1. The molecule has 0 aliphatic carbocycles. The van der Waals surface area contributed by atoms with Gasteiger partial charge in [0.1, 0.15) is 0 Å². The van der Waals surface area contributed by atoms with Crippen molar-refractivity contribution in [2.24, 2.45) is 5.92 Å². The molecule has 0 bridgehead atoms. The molecule has 0 spiro atoms. The minimum atomic E-state index is 0.275. The summed E-state index contributed by atoms with van der Waals surface area (Å²) >= 11 is 0. The minimum Gasteiger partial charge on any atom is -0.345 e. The third kappa shape index (κ3) is 5.43. The van der Waals surface area contributed by atoms with E-state index in [2.05, 4.69) is 40.5 Å². The van der Waals surface area contributed by atoms with E-state index in [1.165, 1.54) is 12.0 Å². The Bertz CT molecular complexity index is 449. The van der Waals surface area contributed by atoms with Crippen molar-refractivity contribution < 1.29 is 4.79 Å². The number of carbonyl (C=O) groups excluding carboxylic acids is 1. The van der Waals surface area contributed by atoms with Gasteiger partial charge in [0.15, 0.2) is 0 Å². The summed E-state index contributed by atoms with van der Waals surface area (Å²) in [6, 6.07) is 10.6. The topological polar surface area (TPSA) is 35.6 Å². The quantitative estimate of drug-likeness (QED) is 0.746. The van der Waals surface area contributed by atoms with E-state index in [0.717, 1.165) is 39.1 Å². The fourth-order valence-corrected chi connectivity index (χ4v) is 3.14. The van der Waals surface area contributed by atoms with Crippen LogP contribution in [-0.4, -0.2) is 56.0 Å². The molecule has 1 aromatic rings. The summed E-state index contributed by atoms with van der Waals surface area (Å²) in [6.07, 6.45) is 2.77. The molecule has 22 heavy (non-hydrogen) atoms. The summed E-state index contributed by atoms with van der Waals surface area (Å²) in [4.78, 5) is 16.5. The maximum Gasteiger partial charge on any atom is 0.222 e. The first-order valence-electron chi connectivity index (χ1n) is 8.34. The Hall–Kier alpha value is -1.39. The van der Waals surface area contributed by atoms with Crippen LogP contribution in [0.4, 0.5) is 0 Å². The zero-order valence-electron chi connectivity index (χ0n) is 13.9. The number of nitrogens with one attached hydrogen (secondary N) is 1. The first-order chi connectivity index (χ1) is 10.7. The number of nitrogens with zero attached hydrogens (tertiary/aromatic N) is 2. The Labute approximate surface area is 134 Å². The van der Waals surface area contributed by atoms with Crippen LogP contribution in [0.5, 0.6) is 0 Å². The average Bonchev–Trinajstić information content (AvgIpc) is 2.95. The normalized spacial score (nSPS) is 18.5. The number of carbonyl (C=O) groups is 1. The average molecular weight is 303 g/mol. The fraction of sp³-hybridized carbons (Fsp3) is 0.611. The molecular formula is C18H29N3O. The lowest BCUT2D eigenvalue weighted by atomic mass is 10.1. The molecule has 1 fully saturated rings. The molecule has 1 atom stereocenters. The molecule has 122 valence electrons. The van der Waals surface area contributed by atoms with Gasteiger partial charge in [-0.25, -0.2) is 0 Å². The van der Waals surface area contributed by atoms with Crippen LogP contribution in [0, 0.1) is 5.92 Å². The monoisotopic (exact) mass is 303 g/mol. The van der Waals surface area contributed by atoms with Crippen LogP contribution in [0.15, 0.2) is 30.3 Å². The first kappa shape index (κ1) is 17.0. The summed E-state index contributed by atoms with van der Waals surface area (Å²) in [6.45, 7) is 5.07. The predicted octanol–water partition coefficient (Wildman–Crippen LogP) is 1.97. The van der Waals surface area contributed by atoms with Gasteiger partial charge in [-0.3, -0.25) is 9.69 Å². The van der Waals surface area contributed by atoms with E-state index >= 15 is 0 Å². The van der Waals surface area contributed by atoms with Crippen molar-refractivity contribution in [3.63, 3.8) is 0 Å². The summed E-state index contributed by atoms with van der Waals surface area (Å²) in [7, 11) is 3.87. The van der Waals surface area contributed by atoms with Gasteiger partial charge in [-0.1, -0.05) is 30.3 Å². The van der Waals surface area contributed by atoms with Crippen molar-refractivity contribution in [3.8, 4) is 0 Å². The highest BCUT2D eigenvalue weighted by Crippen LogP contribution is 2.19. The molecule has 1 unspecified atom stereocenters. The Kier molecular flexibility index (Phi) is 6.87. The van der Waals surface area contributed by atoms with Gasteiger partial charge in [0.05, 0.1) is 0 Å². The molecule has 1 aromatic carbocycles. The Morgan fingerprint density at radius 1 is 1.36 bits per heavy atom. The lowest BCUT2D eigenvalue weighted by molar-refractivity contribution is -0.130. The van der Waals surface area contributed by atoms with Crippen molar-refractivity contribution in [1.82, 2.24) is 15.1 Å². The van der Waals surface area contributed by atoms with Gasteiger partial charge < -0.3 is 10.2 Å². The maximum absolute atomic E-state index is 12.1. The molecule has 1 N–H and O–H groups in total. The predicted molar refractivity (Wildman–Crippen MR) is 90.6 cm³/mol. The number of rotatable bonds is 8. The zero-order valence-corrected chi connectivity index (χ0v) is 13.9. The van der Waals surface area contributed by atoms with Crippen LogP contribution in [0.1, 0.15) is 24.8 Å². The largest absolute Gasteiger partial charge is 0.345 e. The van der Waals surface area contributed by atoms with E-state index in [1.54, 1.807) is 0 Å². The second kappa shape index (κ2) is 8.91. The van der Waals surface area contributed by atoms with E-state index in [-0.39, 0.29) is 5.91 Å². The molecule has 4 heteroatoms. The first-order valence-corrected chi connectivity index (χ1v) is 8.34. The maximum atomic E-state index is 12.1. The van der Waals surface area contributed by atoms with Crippen LogP contribution in [0.3, 0.4) is 0 Å². The second-order valence-corrected chi connectivity index (χ2v) is 6.36. The van der Waals surface area contributed by atoms with Crippen molar-refractivity contribution in [1.29, 1.82) is 0 Å². The van der Waals surface area contributed by atoms with E-state index < -0.39 is 0 Å². The summed E-state index contributed by atoms with van der Waals surface area (Å²) in [5.41, 5.74) is 1.37. The molecule has 4 nitrogen and oxygen atoms in total. The molecule has 1 heterocycles. The van der Waals surface area contributed by atoms with Crippen molar-refractivity contribution in [2.75, 3.05) is 40.3 Å². The molecule has 1 aliphatic rings. The number of hydrogen-bond donors (Lipinski definition) is 1. The molecule has 1 aliphatic heterocycles. The van der Waals surface area contributed by atoms with Crippen molar-refractivity contribution in [3.05, 3.63) is 35.9 Å². The Morgan fingerprint density at radius 2 is 2.14 bits per heavy atom. The SMILES string of the molecule is CNCCCC(=O)N(C)CC1CCN(Cc2ccccc2)C1. The van der Waals surface area contributed by atoms with Gasteiger partial charge in [-0.05, 0) is 44.5 Å². The van der Waals surface area contributed by atoms with Crippen LogP contribution in [0.25, 0.3) is 0 Å². The highest BCUT2D eigenvalue weighted by Gasteiger charge is 2.24. The van der Waals surface area contributed by atoms with E-state index in [4.69, 9.17) is 0 Å². The summed E-state index contributed by atoms with van der Waals surface area (Å²) < 4.78 is 0. The molecule has 1 saturated heterocycles. The van der Waals surface area contributed by atoms with Gasteiger partial charge >= 0.3 is 0 Å². The van der Waals surface area contributed by atoms with Crippen molar-refractivity contribution in [2.45, 2.75) is 25.8 Å². The van der Waals surface area contributed by atoms with E-state index in [0.29, 0.717) is 12.3 Å². The summed E-state index contributed by atoms with van der Waals surface area (Å²) in [5.74, 6) is 0.888. The second-order valence-electron chi connectivity index (χ2n) is 6.36. The van der Waals surface area contributed by atoms with Gasteiger partial charge in [-0.15, -0.1) is 0 Å².